The number of aryl methyl sites for hydroxylation is 1. The molecule has 0 radical (unpaired) electrons. The Labute approximate surface area is 105 Å². The van der Waals surface area contributed by atoms with Gasteiger partial charge in [0, 0.05) is 18.3 Å². The van der Waals surface area contributed by atoms with E-state index in [1.54, 1.807) is 37.4 Å². The molecule has 0 bridgehead atoms. The van der Waals surface area contributed by atoms with Crippen molar-refractivity contribution in [3.05, 3.63) is 53.5 Å². The fourth-order valence-electron chi connectivity index (χ4n) is 1.58. The number of hydrogen-bond donors (Lipinski definition) is 1. The molecule has 94 valence electrons. The zero-order chi connectivity index (χ0) is 13.1. The summed E-state index contributed by atoms with van der Waals surface area (Å²) in [5, 5.41) is 0. The molecule has 2 aromatic rings. The Morgan fingerprint density at radius 3 is 2.83 bits per heavy atom. The van der Waals surface area contributed by atoms with Crippen LogP contribution in [0.15, 0.2) is 36.5 Å². The second-order valence-electron chi connectivity index (χ2n) is 4.21. The minimum atomic E-state index is -0.370. The molecule has 4 heteroatoms. The molecule has 1 heterocycles. The van der Waals surface area contributed by atoms with E-state index in [9.17, 15) is 4.39 Å². The number of ether oxygens (including phenoxy) is 1. The molecule has 0 aliphatic rings. The van der Waals surface area contributed by atoms with Gasteiger partial charge in [-0.2, -0.15) is 0 Å². The summed E-state index contributed by atoms with van der Waals surface area (Å²) in [6, 6.07) is 8.41. The summed E-state index contributed by atoms with van der Waals surface area (Å²) in [4.78, 5) is 4.04. The van der Waals surface area contributed by atoms with Gasteiger partial charge in [-0.05, 0) is 37.1 Å². The third kappa shape index (κ3) is 2.65. The summed E-state index contributed by atoms with van der Waals surface area (Å²) < 4.78 is 19.2. The maximum Gasteiger partial charge on any atom is 0.219 e. The third-order valence-corrected chi connectivity index (χ3v) is 2.66. The molecule has 18 heavy (non-hydrogen) atoms. The number of nitrogens with two attached hydrogens (primary N) is 1. The monoisotopic (exact) mass is 246 g/mol. The fourth-order valence-corrected chi connectivity index (χ4v) is 1.58. The molecule has 1 unspecified atom stereocenters. The first kappa shape index (κ1) is 12.5. The lowest BCUT2D eigenvalue weighted by atomic mass is 10.1. The van der Waals surface area contributed by atoms with Crippen molar-refractivity contribution in [2.75, 3.05) is 0 Å². The van der Waals surface area contributed by atoms with Gasteiger partial charge in [-0.25, -0.2) is 9.37 Å². The van der Waals surface area contributed by atoms with E-state index < -0.39 is 0 Å². The Kier molecular flexibility index (Phi) is 3.58. The Bertz CT molecular complexity index is 555. The first-order valence-corrected chi connectivity index (χ1v) is 5.72. The van der Waals surface area contributed by atoms with Gasteiger partial charge >= 0.3 is 0 Å². The fraction of sp³-hybridized carbons (Fsp3) is 0.214. The first-order chi connectivity index (χ1) is 8.58. The number of rotatable bonds is 3. The number of hydrogen-bond acceptors (Lipinski definition) is 3. The number of nitrogens with zero attached hydrogens (tertiary/aromatic N) is 1. The smallest absolute Gasteiger partial charge is 0.219 e. The molecule has 2 rings (SSSR count). The molecule has 0 spiro atoms. The minimum Gasteiger partial charge on any atom is -0.436 e. The topological polar surface area (TPSA) is 48.1 Å². The predicted octanol–water partition coefficient (Wildman–Crippen LogP) is 3.34. The Balaban J connectivity index is 2.28. The summed E-state index contributed by atoms with van der Waals surface area (Å²) in [5.74, 6) is 0.143. The number of pyridine rings is 1. The van der Waals surface area contributed by atoms with Crippen molar-refractivity contribution in [1.82, 2.24) is 4.98 Å². The van der Waals surface area contributed by atoms with Crippen LogP contribution in [0.5, 0.6) is 11.6 Å². The highest BCUT2D eigenvalue weighted by molar-refractivity contribution is 5.34. The van der Waals surface area contributed by atoms with Crippen LogP contribution >= 0.6 is 0 Å². The maximum atomic E-state index is 13.8. The van der Waals surface area contributed by atoms with E-state index >= 15 is 0 Å². The van der Waals surface area contributed by atoms with Crippen LogP contribution in [0.3, 0.4) is 0 Å². The van der Waals surface area contributed by atoms with Crippen molar-refractivity contribution in [2.45, 2.75) is 19.9 Å². The minimum absolute atomic E-state index is 0.113. The van der Waals surface area contributed by atoms with Gasteiger partial charge in [0.1, 0.15) is 0 Å². The molecule has 0 fully saturated rings. The normalized spacial score (nSPS) is 12.2. The summed E-state index contributed by atoms with van der Waals surface area (Å²) in [7, 11) is 0. The highest BCUT2D eigenvalue weighted by Gasteiger charge is 2.08. The largest absolute Gasteiger partial charge is 0.436 e. The van der Waals surface area contributed by atoms with Crippen LogP contribution in [0.4, 0.5) is 4.39 Å². The molecule has 0 saturated carbocycles. The molecule has 1 aromatic carbocycles. The highest BCUT2D eigenvalue weighted by Crippen LogP contribution is 2.25. The molecular formula is C14H15FN2O. The van der Waals surface area contributed by atoms with E-state index in [0.29, 0.717) is 11.4 Å². The van der Waals surface area contributed by atoms with Gasteiger partial charge in [0.25, 0.3) is 0 Å². The zero-order valence-electron chi connectivity index (χ0n) is 10.4. The predicted molar refractivity (Wildman–Crippen MR) is 68.1 cm³/mol. The first-order valence-electron chi connectivity index (χ1n) is 5.72. The van der Waals surface area contributed by atoms with Crippen molar-refractivity contribution in [3.63, 3.8) is 0 Å². The van der Waals surface area contributed by atoms with Crippen molar-refractivity contribution in [1.29, 1.82) is 0 Å². The lowest BCUT2D eigenvalue weighted by Crippen LogP contribution is -2.05. The average molecular weight is 246 g/mol. The zero-order valence-corrected chi connectivity index (χ0v) is 10.4. The van der Waals surface area contributed by atoms with Crippen LogP contribution in [0.25, 0.3) is 0 Å². The van der Waals surface area contributed by atoms with Crippen molar-refractivity contribution < 1.29 is 9.13 Å². The van der Waals surface area contributed by atoms with Gasteiger partial charge in [-0.15, -0.1) is 0 Å². The van der Waals surface area contributed by atoms with Crippen LogP contribution in [0.1, 0.15) is 24.1 Å². The van der Waals surface area contributed by atoms with Gasteiger partial charge in [-0.3, -0.25) is 0 Å². The van der Waals surface area contributed by atoms with E-state index in [0.717, 1.165) is 5.56 Å². The lowest BCUT2D eigenvalue weighted by molar-refractivity contribution is 0.424. The average Bonchev–Trinajstić information content (AvgIpc) is 2.35. The SMILES string of the molecule is Cc1cccc(Oc2cc(C(C)N)ccn2)c1F. The van der Waals surface area contributed by atoms with E-state index in [1.807, 2.05) is 13.0 Å². The van der Waals surface area contributed by atoms with E-state index in [4.69, 9.17) is 10.5 Å². The van der Waals surface area contributed by atoms with Crippen molar-refractivity contribution in [2.24, 2.45) is 5.73 Å². The second-order valence-corrected chi connectivity index (χ2v) is 4.21. The van der Waals surface area contributed by atoms with Gasteiger partial charge in [-0.1, -0.05) is 12.1 Å². The molecule has 1 aromatic heterocycles. The van der Waals surface area contributed by atoms with Crippen LogP contribution in [0.2, 0.25) is 0 Å². The second kappa shape index (κ2) is 5.14. The van der Waals surface area contributed by atoms with E-state index in [1.165, 1.54) is 0 Å². The van der Waals surface area contributed by atoms with E-state index in [2.05, 4.69) is 4.98 Å². The lowest BCUT2D eigenvalue weighted by Gasteiger charge is -2.10. The molecule has 1 atom stereocenters. The third-order valence-electron chi connectivity index (χ3n) is 2.66. The van der Waals surface area contributed by atoms with Crippen LogP contribution in [-0.2, 0) is 0 Å². The quantitative estimate of drug-likeness (QED) is 0.903. The molecule has 0 amide bonds. The van der Waals surface area contributed by atoms with Crippen LogP contribution in [0, 0.1) is 12.7 Å². The van der Waals surface area contributed by atoms with Gasteiger partial charge in [0.15, 0.2) is 11.6 Å². The van der Waals surface area contributed by atoms with Gasteiger partial charge < -0.3 is 10.5 Å². The van der Waals surface area contributed by atoms with Gasteiger partial charge in [0.05, 0.1) is 0 Å². The van der Waals surface area contributed by atoms with Crippen molar-refractivity contribution >= 4 is 0 Å². The number of halogens is 1. The summed E-state index contributed by atoms with van der Waals surface area (Å²) in [6.07, 6.45) is 1.60. The molecule has 3 nitrogen and oxygen atoms in total. The number of aromatic nitrogens is 1. The maximum absolute atomic E-state index is 13.8. The molecule has 0 aliphatic carbocycles. The standard InChI is InChI=1S/C14H15FN2O/c1-9-4-3-5-12(14(9)15)18-13-8-11(10(2)16)6-7-17-13/h3-8,10H,16H2,1-2H3. The Hall–Kier alpha value is -1.94. The highest BCUT2D eigenvalue weighted by atomic mass is 19.1. The summed E-state index contributed by atoms with van der Waals surface area (Å²) >= 11 is 0. The summed E-state index contributed by atoms with van der Waals surface area (Å²) in [6.45, 7) is 3.56. The molecular weight excluding hydrogens is 231 g/mol. The van der Waals surface area contributed by atoms with Crippen LogP contribution in [-0.4, -0.2) is 4.98 Å². The van der Waals surface area contributed by atoms with E-state index in [-0.39, 0.29) is 17.6 Å². The van der Waals surface area contributed by atoms with Crippen LogP contribution < -0.4 is 10.5 Å². The Morgan fingerprint density at radius 1 is 1.33 bits per heavy atom. The Morgan fingerprint density at radius 2 is 2.11 bits per heavy atom. The summed E-state index contributed by atoms with van der Waals surface area (Å²) in [5.41, 5.74) is 7.21. The number of benzene rings is 1. The van der Waals surface area contributed by atoms with Crippen molar-refractivity contribution in [3.8, 4) is 11.6 Å². The molecule has 2 N–H and O–H groups in total. The molecule has 0 aliphatic heterocycles. The van der Waals surface area contributed by atoms with Gasteiger partial charge in [0.2, 0.25) is 5.88 Å². The molecule has 0 saturated heterocycles.